The van der Waals surface area contributed by atoms with Gasteiger partial charge in [0, 0.05) is 22.9 Å². The molecule has 0 saturated carbocycles. The van der Waals surface area contributed by atoms with E-state index in [1.165, 1.54) is 11.1 Å². The van der Waals surface area contributed by atoms with Crippen LogP contribution in [0.25, 0.3) is 22.0 Å². The van der Waals surface area contributed by atoms with Gasteiger partial charge in [0.1, 0.15) is 0 Å². The average Bonchev–Trinajstić information content (AvgIpc) is 3.23. The first-order chi connectivity index (χ1) is 14.2. The molecule has 2 N–H and O–H groups in total. The zero-order valence-corrected chi connectivity index (χ0v) is 16.1. The first-order valence-electron chi connectivity index (χ1n) is 9.80. The summed E-state index contributed by atoms with van der Waals surface area (Å²) >= 11 is 0. The lowest BCUT2D eigenvalue weighted by atomic mass is 9.91. The van der Waals surface area contributed by atoms with Crippen LogP contribution in [0.3, 0.4) is 0 Å². The van der Waals surface area contributed by atoms with E-state index in [2.05, 4.69) is 52.8 Å². The Morgan fingerprint density at radius 3 is 2.38 bits per heavy atom. The second-order valence-electron chi connectivity index (χ2n) is 7.47. The number of hydrogen-bond acceptors (Lipinski definition) is 3. The van der Waals surface area contributed by atoms with Crippen LogP contribution in [0.5, 0.6) is 0 Å². The van der Waals surface area contributed by atoms with Crippen molar-refractivity contribution < 1.29 is 0 Å². The van der Waals surface area contributed by atoms with Gasteiger partial charge in [0.05, 0.1) is 17.3 Å². The molecule has 2 heterocycles. The molecule has 1 unspecified atom stereocenters. The van der Waals surface area contributed by atoms with Crippen molar-refractivity contribution in [3.8, 4) is 11.1 Å². The molecular formula is C25H21N3O. The van der Waals surface area contributed by atoms with Crippen molar-refractivity contribution in [1.82, 2.24) is 10.4 Å². The van der Waals surface area contributed by atoms with Crippen LogP contribution in [0.2, 0.25) is 0 Å². The first kappa shape index (κ1) is 17.4. The third kappa shape index (κ3) is 3.13. The summed E-state index contributed by atoms with van der Waals surface area (Å²) in [5.41, 5.74) is 9.76. The highest BCUT2D eigenvalue weighted by molar-refractivity contribution is 6.12. The van der Waals surface area contributed by atoms with Gasteiger partial charge in [0.15, 0.2) is 0 Å². The van der Waals surface area contributed by atoms with Crippen LogP contribution < -0.4 is 11.0 Å². The summed E-state index contributed by atoms with van der Waals surface area (Å²) in [4.78, 5) is 16.2. The van der Waals surface area contributed by atoms with Gasteiger partial charge in [0.25, 0.3) is 5.56 Å². The quantitative estimate of drug-likeness (QED) is 0.530. The molecule has 0 amide bonds. The summed E-state index contributed by atoms with van der Waals surface area (Å²) in [6.07, 6.45) is 0.671. The molecule has 5 rings (SSSR count). The number of aromatic amines is 1. The van der Waals surface area contributed by atoms with Crippen LogP contribution in [0.4, 0.5) is 0 Å². The van der Waals surface area contributed by atoms with E-state index >= 15 is 0 Å². The average molecular weight is 379 g/mol. The van der Waals surface area contributed by atoms with E-state index < -0.39 is 0 Å². The van der Waals surface area contributed by atoms with Crippen molar-refractivity contribution >= 4 is 16.6 Å². The molecule has 1 aliphatic heterocycles. The Morgan fingerprint density at radius 1 is 0.862 bits per heavy atom. The summed E-state index contributed by atoms with van der Waals surface area (Å²) in [5, 5.41) is 5.61. The number of nitrogens with one attached hydrogen (secondary N) is 2. The molecule has 0 fully saturated rings. The van der Waals surface area contributed by atoms with Crippen LogP contribution in [0.1, 0.15) is 29.2 Å². The SMILES string of the molecule is Cc1ccc(C2CC(c3c(-c4ccccc4)c4ccccc4[nH]c3=O)=NN2)cc1. The fraction of sp³-hybridized carbons (Fsp3) is 0.120. The van der Waals surface area contributed by atoms with E-state index in [1.54, 1.807) is 0 Å². The fourth-order valence-corrected chi connectivity index (χ4v) is 4.01. The van der Waals surface area contributed by atoms with Crippen molar-refractivity contribution in [1.29, 1.82) is 0 Å². The molecule has 0 aliphatic carbocycles. The highest BCUT2D eigenvalue weighted by atomic mass is 16.1. The van der Waals surface area contributed by atoms with Gasteiger partial charge in [-0.2, -0.15) is 5.10 Å². The van der Waals surface area contributed by atoms with Crippen LogP contribution in [-0.4, -0.2) is 10.7 Å². The molecule has 1 atom stereocenters. The Labute approximate surface area is 168 Å². The zero-order valence-electron chi connectivity index (χ0n) is 16.1. The predicted octanol–water partition coefficient (Wildman–Crippen LogP) is 4.94. The molecular weight excluding hydrogens is 358 g/mol. The van der Waals surface area contributed by atoms with E-state index in [0.717, 1.165) is 27.7 Å². The maximum atomic E-state index is 13.1. The highest BCUT2D eigenvalue weighted by Gasteiger charge is 2.26. The minimum absolute atomic E-state index is 0.0695. The second-order valence-corrected chi connectivity index (χ2v) is 7.47. The van der Waals surface area contributed by atoms with Crippen LogP contribution in [0.15, 0.2) is 88.8 Å². The van der Waals surface area contributed by atoms with Gasteiger partial charge in [-0.25, -0.2) is 0 Å². The van der Waals surface area contributed by atoms with Crippen LogP contribution in [-0.2, 0) is 0 Å². The number of hydrazone groups is 1. The number of pyridine rings is 1. The van der Waals surface area contributed by atoms with E-state index in [1.807, 2.05) is 48.5 Å². The number of hydrogen-bond donors (Lipinski definition) is 2. The number of benzene rings is 3. The third-order valence-corrected chi connectivity index (χ3v) is 5.51. The minimum Gasteiger partial charge on any atom is -0.321 e. The Hall–Kier alpha value is -3.66. The highest BCUT2D eigenvalue weighted by Crippen LogP contribution is 2.33. The molecule has 1 aromatic heterocycles. The fourth-order valence-electron chi connectivity index (χ4n) is 4.01. The van der Waals surface area contributed by atoms with Gasteiger partial charge in [0.2, 0.25) is 0 Å². The lowest BCUT2D eigenvalue weighted by Gasteiger charge is -2.13. The standard InChI is InChI=1S/C25H21N3O/c1-16-11-13-17(14-12-16)21-15-22(28-27-21)24-23(18-7-3-2-4-8-18)19-9-5-6-10-20(19)26-25(24)29/h2-14,21,27H,15H2,1H3,(H,26,29). The predicted molar refractivity (Wildman–Crippen MR) is 118 cm³/mol. The normalized spacial score (nSPS) is 15.9. The Balaban J connectivity index is 1.65. The van der Waals surface area contributed by atoms with Crippen molar-refractivity contribution in [3.05, 3.63) is 106 Å². The maximum Gasteiger partial charge on any atom is 0.258 e. The van der Waals surface area contributed by atoms with Gasteiger partial charge in [-0.05, 0) is 24.1 Å². The first-order valence-corrected chi connectivity index (χ1v) is 9.80. The molecule has 0 spiro atoms. The summed E-state index contributed by atoms with van der Waals surface area (Å²) < 4.78 is 0. The van der Waals surface area contributed by atoms with E-state index in [0.29, 0.717) is 12.0 Å². The lowest BCUT2D eigenvalue weighted by molar-refractivity contribution is 0.620. The van der Waals surface area contributed by atoms with E-state index in [-0.39, 0.29) is 11.6 Å². The van der Waals surface area contributed by atoms with Crippen molar-refractivity contribution in [3.63, 3.8) is 0 Å². The molecule has 0 saturated heterocycles. The van der Waals surface area contributed by atoms with Gasteiger partial charge in [-0.3, -0.25) is 4.79 Å². The van der Waals surface area contributed by atoms with Gasteiger partial charge < -0.3 is 10.4 Å². The Morgan fingerprint density at radius 2 is 1.59 bits per heavy atom. The smallest absolute Gasteiger partial charge is 0.258 e. The summed E-state index contributed by atoms with van der Waals surface area (Å²) in [7, 11) is 0. The van der Waals surface area contributed by atoms with Crippen molar-refractivity contribution in [2.75, 3.05) is 0 Å². The molecule has 29 heavy (non-hydrogen) atoms. The number of para-hydroxylation sites is 1. The van der Waals surface area contributed by atoms with Crippen LogP contribution >= 0.6 is 0 Å². The second kappa shape index (κ2) is 7.06. The molecule has 0 bridgehead atoms. The monoisotopic (exact) mass is 379 g/mol. The molecule has 142 valence electrons. The Kier molecular flexibility index (Phi) is 4.24. The zero-order chi connectivity index (χ0) is 19.8. The molecule has 0 radical (unpaired) electrons. The van der Waals surface area contributed by atoms with Crippen molar-refractivity contribution in [2.24, 2.45) is 5.10 Å². The molecule has 4 aromatic rings. The number of aromatic nitrogens is 1. The van der Waals surface area contributed by atoms with E-state index in [4.69, 9.17) is 0 Å². The Bertz CT molecular complexity index is 1270. The molecule has 1 aliphatic rings. The topological polar surface area (TPSA) is 57.2 Å². The summed E-state index contributed by atoms with van der Waals surface area (Å²) in [6.45, 7) is 2.08. The van der Waals surface area contributed by atoms with Gasteiger partial charge in [-0.15, -0.1) is 0 Å². The summed E-state index contributed by atoms with van der Waals surface area (Å²) in [6, 6.07) is 26.5. The minimum atomic E-state index is -0.104. The molecule has 3 aromatic carbocycles. The number of fused-ring (bicyclic) bond motifs is 1. The number of aryl methyl sites for hydroxylation is 1. The number of rotatable bonds is 3. The molecule has 4 heteroatoms. The van der Waals surface area contributed by atoms with E-state index in [9.17, 15) is 4.79 Å². The number of H-pyrrole nitrogens is 1. The largest absolute Gasteiger partial charge is 0.321 e. The third-order valence-electron chi connectivity index (χ3n) is 5.51. The van der Waals surface area contributed by atoms with Gasteiger partial charge in [-0.1, -0.05) is 78.4 Å². The molecule has 4 nitrogen and oxygen atoms in total. The lowest BCUT2D eigenvalue weighted by Crippen LogP contribution is -2.20. The van der Waals surface area contributed by atoms with Gasteiger partial charge >= 0.3 is 0 Å². The summed E-state index contributed by atoms with van der Waals surface area (Å²) in [5.74, 6) is 0. The van der Waals surface area contributed by atoms with Crippen LogP contribution in [0, 0.1) is 6.92 Å². The van der Waals surface area contributed by atoms with Crippen molar-refractivity contribution in [2.45, 2.75) is 19.4 Å². The maximum absolute atomic E-state index is 13.1. The number of nitrogens with zero attached hydrogens (tertiary/aromatic N) is 1.